The molecule has 1 aromatic carbocycles. The molecule has 1 aromatic rings. The zero-order valence-corrected chi connectivity index (χ0v) is 13.5. The summed E-state index contributed by atoms with van der Waals surface area (Å²) in [6.45, 7) is 3.11. The predicted octanol–water partition coefficient (Wildman–Crippen LogP) is 1.85. The highest BCUT2D eigenvalue weighted by Gasteiger charge is 2.07. The molecule has 3 N–H and O–H groups in total. The fourth-order valence-corrected chi connectivity index (χ4v) is 1.97. The maximum atomic E-state index is 13.9. The van der Waals surface area contributed by atoms with Gasteiger partial charge in [-0.05, 0) is 38.6 Å². The molecule has 5 nitrogen and oxygen atoms in total. The third kappa shape index (κ3) is 6.87. The number of urea groups is 1. The molecular weight excluding hydrogens is 285 g/mol. The Morgan fingerprint density at radius 1 is 1.36 bits per heavy atom. The minimum atomic E-state index is -0.390. The molecule has 1 rings (SSSR count). The molecule has 2 amide bonds. The van der Waals surface area contributed by atoms with E-state index in [1.165, 1.54) is 6.07 Å². The number of hydrogen-bond acceptors (Lipinski definition) is 3. The number of benzene rings is 1. The van der Waals surface area contributed by atoms with Gasteiger partial charge in [0, 0.05) is 25.2 Å². The van der Waals surface area contributed by atoms with E-state index in [1.54, 1.807) is 6.07 Å². The van der Waals surface area contributed by atoms with Crippen molar-refractivity contribution in [2.24, 2.45) is 0 Å². The van der Waals surface area contributed by atoms with Crippen molar-refractivity contribution in [1.29, 1.82) is 0 Å². The Morgan fingerprint density at radius 2 is 2.09 bits per heavy atom. The average molecular weight is 311 g/mol. The van der Waals surface area contributed by atoms with Gasteiger partial charge in [0.1, 0.15) is 5.82 Å². The highest BCUT2D eigenvalue weighted by Crippen LogP contribution is 2.11. The van der Waals surface area contributed by atoms with E-state index in [0.29, 0.717) is 37.1 Å². The summed E-state index contributed by atoms with van der Waals surface area (Å²) in [5.41, 5.74) is 1.34. The first-order valence-electron chi connectivity index (χ1n) is 7.54. The number of rotatable bonds is 8. The van der Waals surface area contributed by atoms with Crippen molar-refractivity contribution in [3.8, 4) is 0 Å². The Morgan fingerprint density at radius 3 is 2.68 bits per heavy atom. The summed E-state index contributed by atoms with van der Waals surface area (Å²) in [5.74, 6) is -0.264. The van der Waals surface area contributed by atoms with Gasteiger partial charge in [0.2, 0.25) is 0 Å². The van der Waals surface area contributed by atoms with Crippen LogP contribution in [0.1, 0.15) is 30.9 Å². The van der Waals surface area contributed by atoms with Gasteiger partial charge in [0.05, 0.1) is 6.10 Å². The number of carbonyl (C=O) groups excluding carboxylic acids is 1. The topological polar surface area (TPSA) is 64.6 Å². The summed E-state index contributed by atoms with van der Waals surface area (Å²) >= 11 is 0. The predicted molar refractivity (Wildman–Crippen MR) is 84.9 cm³/mol. The molecule has 0 saturated carbocycles. The molecule has 6 heteroatoms. The van der Waals surface area contributed by atoms with Crippen molar-refractivity contribution < 1.29 is 14.3 Å². The second kappa shape index (κ2) is 9.38. The van der Waals surface area contributed by atoms with Crippen LogP contribution in [0.5, 0.6) is 0 Å². The van der Waals surface area contributed by atoms with Crippen LogP contribution < -0.4 is 10.6 Å². The minimum absolute atomic E-state index is 0.264. The fraction of sp³-hybridized carbons (Fsp3) is 0.562. The van der Waals surface area contributed by atoms with E-state index in [4.69, 9.17) is 0 Å². The number of aliphatic hydroxyl groups excluding tert-OH is 1. The molecule has 0 fully saturated rings. The molecule has 0 aliphatic carbocycles. The fourth-order valence-electron chi connectivity index (χ4n) is 1.97. The Bertz CT molecular complexity index is 480. The third-order valence-electron chi connectivity index (χ3n) is 3.29. The lowest BCUT2D eigenvalue weighted by Gasteiger charge is -2.12. The highest BCUT2D eigenvalue weighted by atomic mass is 19.1. The summed E-state index contributed by atoms with van der Waals surface area (Å²) in [4.78, 5) is 13.5. The molecule has 0 heterocycles. The highest BCUT2D eigenvalue weighted by molar-refractivity contribution is 5.73. The monoisotopic (exact) mass is 311 g/mol. The summed E-state index contributed by atoms with van der Waals surface area (Å²) in [6, 6.07) is 4.67. The van der Waals surface area contributed by atoms with E-state index in [-0.39, 0.29) is 18.4 Å². The van der Waals surface area contributed by atoms with Crippen LogP contribution in [-0.2, 0) is 13.1 Å². The Balaban J connectivity index is 2.38. The van der Waals surface area contributed by atoms with Crippen molar-refractivity contribution >= 4 is 6.03 Å². The van der Waals surface area contributed by atoms with Gasteiger partial charge >= 0.3 is 6.03 Å². The Hall–Kier alpha value is -1.66. The number of aliphatic hydroxyl groups is 1. The van der Waals surface area contributed by atoms with Gasteiger partial charge in [-0.1, -0.05) is 19.1 Å². The van der Waals surface area contributed by atoms with Crippen molar-refractivity contribution in [3.63, 3.8) is 0 Å². The van der Waals surface area contributed by atoms with E-state index in [0.717, 1.165) is 0 Å². The van der Waals surface area contributed by atoms with Crippen LogP contribution in [0.2, 0.25) is 0 Å². The maximum absolute atomic E-state index is 13.9. The van der Waals surface area contributed by atoms with Crippen molar-refractivity contribution in [2.45, 2.75) is 39.0 Å². The van der Waals surface area contributed by atoms with Gasteiger partial charge in [-0.15, -0.1) is 0 Å². The van der Waals surface area contributed by atoms with Crippen LogP contribution in [0.15, 0.2) is 18.2 Å². The first kappa shape index (κ1) is 18.4. The van der Waals surface area contributed by atoms with Crippen molar-refractivity contribution in [3.05, 3.63) is 35.1 Å². The number of halogens is 1. The zero-order valence-electron chi connectivity index (χ0n) is 13.5. The lowest BCUT2D eigenvalue weighted by atomic mass is 10.1. The summed E-state index contributed by atoms with van der Waals surface area (Å²) in [7, 11) is 3.77. The van der Waals surface area contributed by atoms with Crippen LogP contribution in [0.4, 0.5) is 9.18 Å². The largest absolute Gasteiger partial charge is 0.393 e. The second-order valence-electron chi connectivity index (χ2n) is 5.62. The molecule has 1 unspecified atom stereocenters. The first-order chi connectivity index (χ1) is 10.4. The van der Waals surface area contributed by atoms with E-state index >= 15 is 0 Å². The van der Waals surface area contributed by atoms with E-state index in [2.05, 4.69) is 10.6 Å². The summed E-state index contributed by atoms with van der Waals surface area (Å²) in [5, 5.41) is 14.7. The SMILES string of the molecule is CCC(O)CCNC(=O)NCc1ccc(CN(C)C)c(F)c1. The van der Waals surface area contributed by atoms with Crippen LogP contribution in [0, 0.1) is 5.82 Å². The Labute approximate surface area is 131 Å². The lowest BCUT2D eigenvalue weighted by molar-refractivity contribution is 0.160. The molecule has 0 saturated heterocycles. The molecular formula is C16H26FN3O2. The van der Waals surface area contributed by atoms with E-state index in [9.17, 15) is 14.3 Å². The minimum Gasteiger partial charge on any atom is -0.393 e. The van der Waals surface area contributed by atoms with Gasteiger partial charge in [-0.3, -0.25) is 0 Å². The van der Waals surface area contributed by atoms with Gasteiger partial charge < -0.3 is 20.6 Å². The lowest BCUT2D eigenvalue weighted by Crippen LogP contribution is -2.36. The van der Waals surface area contributed by atoms with Crippen LogP contribution in [0.3, 0.4) is 0 Å². The van der Waals surface area contributed by atoms with Crippen LogP contribution >= 0.6 is 0 Å². The smallest absolute Gasteiger partial charge is 0.315 e. The van der Waals surface area contributed by atoms with Gasteiger partial charge in [-0.25, -0.2) is 9.18 Å². The van der Waals surface area contributed by atoms with Gasteiger partial charge in [0.15, 0.2) is 0 Å². The number of nitrogens with one attached hydrogen (secondary N) is 2. The molecule has 0 aliphatic rings. The Kier molecular flexibility index (Phi) is 7.84. The molecule has 0 aromatic heterocycles. The molecule has 0 aliphatic heterocycles. The molecule has 124 valence electrons. The first-order valence-corrected chi connectivity index (χ1v) is 7.54. The number of carbonyl (C=O) groups is 1. The normalized spacial score (nSPS) is 12.3. The molecule has 22 heavy (non-hydrogen) atoms. The van der Waals surface area contributed by atoms with Gasteiger partial charge in [0.25, 0.3) is 0 Å². The maximum Gasteiger partial charge on any atom is 0.315 e. The van der Waals surface area contributed by atoms with E-state index in [1.807, 2.05) is 32.0 Å². The molecule has 1 atom stereocenters. The van der Waals surface area contributed by atoms with Crippen molar-refractivity contribution in [2.75, 3.05) is 20.6 Å². The number of nitrogens with zero attached hydrogens (tertiary/aromatic N) is 1. The molecule has 0 spiro atoms. The van der Waals surface area contributed by atoms with Crippen LogP contribution in [-0.4, -0.2) is 42.8 Å². The zero-order chi connectivity index (χ0) is 16.5. The van der Waals surface area contributed by atoms with Gasteiger partial charge in [-0.2, -0.15) is 0 Å². The molecule has 0 radical (unpaired) electrons. The summed E-state index contributed by atoms with van der Waals surface area (Å²) < 4.78 is 13.9. The standard InChI is InChI=1S/C16H26FN3O2/c1-4-14(21)7-8-18-16(22)19-10-12-5-6-13(11-20(2)3)15(17)9-12/h5-6,9,14,21H,4,7-8,10-11H2,1-3H3,(H2,18,19,22). The molecule has 0 bridgehead atoms. The quantitative estimate of drug-likeness (QED) is 0.686. The number of amides is 2. The number of hydrogen-bond donors (Lipinski definition) is 3. The van der Waals surface area contributed by atoms with Crippen LogP contribution in [0.25, 0.3) is 0 Å². The van der Waals surface area contributed by atoms with E-state index < -0.39 is 6.10 Å². The second-order valence-corrected chi connectivity index (χ2v) is 5.62. The average Bonchev–Trinajstić information content (AvgIpc) is 2.47. The summed E-state index contributed by atoms with van der Waals surface area (Å²) in [6.07, 6.45) is 0.804. The van der Waals surface area contributed by atoms with Crippen molar-refractivity contribution in [1.82, 2.24) is 15.5 Å². The third-order valence-corrected chi connectivity index (χ3v) is 3.29.